The first kappa shape index (κ1) is 18.4. The second-order valence-corrected chi connectivity index (χ2v) is 6.11. The highest BCUT2D eigenvalue weighted by molar-refractivity contribution is 5.93. The molecule has 138 valence electrons. The third-order valence-corrected chi connectivity index (χ3v) is 3.80. The van der Waals surface area contributed by atoms with E-state index in [9.17, 15) is 13.6 Å². The SMILES string of the molecule is Cc1cccc(CNC(=O)c2cc(Nc3ccc(F)c(F)c3)nc(C)n2)c1. The fourth-order valence-electron chi connectivity index (χ4n) is 2.56. The molecule has 2 N–H and O–H groups in total. The van der Waals surface area contributed by atoms with E-state index in [-0.39, 0.29) is 11.6 Å². The number of halogens is 2. The van der Waals surface area contributed by atoms with Gasteiger partial charge >= 0.3 is 0 Å². The summed E-state index contributed by atoms with van der Waals surface area (Å²) in [5.74, 6) is -1.56. The van der Waals surface area contributed by atoms with Crippen LogP contribution in [-0.2, 0) is 6.54 Å². The number of hydrogen-bond donors (Lipinski definition) is 2. The van der Waals surface area contributed by atoms with E-state index in [4.69, 9.17) is 0 Å². The second kappa shape index (κ2) is 7.90. The summed E-state index contributed by atoms with van der Waals surface area (Å²) < 4.78 is 26.4. The van der Waals surface area contributed by atoms with E-state index in [1.807, 2.05) is 31.2 Å². The molecule has 0 radical (unpaired) electrons. The summed E-state index contributed by atoms with van der Waals surface area (Å²) in [7, 11) is 0. The minimum absolute atomic E-state index is 0.181. The zero-order chi connectivity index (χ0) is 19.4. The Bertz CT molecular complexity index is 991. The van der Waals surface area contributed by atoms with Gasteiger partial charge in [0.1, 0.15) is 17.3 Å². The van der Waals surface area contributed by atoms with Crippen molar-refractivity contribution in [3.8, 4) is 0 Å². The molecule has 0 aliphatic rings. The number of anilines is 2. The fourth-order valence-corrected chi connectivity index (χ4v) is 2.56. The van der Waals surface area contributed by atoms with Crippen molar-refractivity contribution in [2.24, 2.45) is 0 Å². The summed E-state index contributed by atoms with van der Waals surface area (Å²) >= 11 is 0. The number of aromatic nitrogens is 2. The van der Waals surface area contributed by atoms with Gasteiger partial charge in [0.15, 0.2) is 11.6 Å². The molecule has 0 saturated carbocycles. The molecule has 0 aliphatic carbocycles. The zero-order valence-electron chi connectivity index (χ0n) is 14.9. The number of benzene rings is 2. The molecule has 0 spiro atoms. The topological polar surface area (TPSA) is 66.9 Å². The lowest BCUT2D eigenvalue weighted by atomic mass is 10.1. The number of nitrogens with zero attached hydrogens (tertiary/aromatic N) is 2. The quantitative estimate of drug-likeness (QED) is 0.713. The summed E-state index contributed by atoms with van der Waals surface area (Å²) in [6.45, 7) is 4.00. The second-order valence-electron chi connectivity index (χ2n) is 6.11. The normalized spacial score (nSPS) is 10.5. The molecule has 0 bridgehead atoms. The van der Waals surface area contributed by atoms with E-state index in [2.05, 4.69) is 20.6 Å². The first-order chi connectivity index (χ1) is 12.9. The molecule has 0 saturated heterocycles. The fraction of sp³-hybridized carbons (Fsp3) is 0.150. The summed E-state index contributed by atoms with van der Waals surface area (Å²) in [4.78, 5) is 20.7. The maximum absolute atomic E-state index is 13.3. The first-order valence-electron chi connectivity index (χ1n) is 8.32. The Morgan fingerprint density at radius 2 is 1.81 bits per heavy atom. The number of amides is 1. The number of carbonyl (C=O) groups excluding carboxylic acids is 1. The average molecular weight is 368 g/mol. The number of carbonyl (C=O) groups is 1. The van der Waals surface area contributed by atoms with Crippen molar-refractivity contribution in [3.05, 3.63) is 82.8 Å². The van der Waals surface area contributed by atoms with Gasteiger partial charge in [0.2, 0.25) is 0 Å². The Balaban J connectivity index is 1.73. The van der Waals surface area contributed by atoms with Crippen LogP contribution in [0.3, 0.4) is 0 Å². The summed E-state index contributed by atoms with van der Waals surface area (Å²) in [5.41, 5.74) is 2.59. The molecule has 27 heavy (non-hydrogen) atoms. The van der Waals surface area contributed by atoms with Crippen molar-refractivity contribution in [1.29, 1.82) is 0 Å². The lowest BCUT2D eigenvalue weighted by molar-refractivity contribution is 0.0945. The standard InChI is InChI=1S/C20H18F2N4O/c1-12-4-3-5-14(8-12)11-23-20(27)18-10-19(25-13(2)24-18)26-15-6-7-16(21)17(22)9-15/h3-10H,11H2,1-2H3,(H,23,27)(H,24,25,26). The molecule has 7 heteroatoms. The van der Waals surface area contributed by atoms with Crippen molar-refractivity contribution in [1.82, 2.24) is 15.3 Å². The number of aryl methyl sites for hydroxylation is 2. The van der Waals surface area contributed by atoms with Gasteiger partial charge in [-0.25, -0.2) is 18.7 Å². The molecule has 0 fully saturated rings. The van der Waals surface area contributed by atoms with Crippen molar-refractivity contribution >= 4 is 17.4 Å². The lowest BCUT2D eigenvalue weighted by Crippen LogP contribution is -2.24. The van der Waals surface area contributed by atoms with Gasteiger partial charge < -0.3 is 10.6 Å². The van der Waals surface area contributed by atoms with E-state index in [0.29, 0.717) is 23.9 Å². The van der Waals surface area contributed by atoms with Crippen molar-refractivity contribution < 1.29 is 13.6 Å². The van der Waals surface area contributed by atoms with Crippen LogP contribution in [0.15, 0.2) is 48.5 Å². The molecule has 0 atom stereocenters. The van der Waals surface area contributed by atoms with Crippen LogP contribution >= 0.6 is 0 Å². The van der Waals surface area contributed by atoms with E-state index < -0.39 is 11.6 Å². The van der Waals surface area contributed by atoms with Crippen molar-refractivity contribution in [2.75, 3.05) is 5.32 Å². The van der Waals surface area contributed by atoms with Crippen LogP contribution in [0, 0.1) is 25.5 Å². The number of rotatable bonds is 5. The first-order valence-corrected chi connectivity index (χ1v) is 8.32. The number of nitrogens with one attached hydrogen (secondary N) is 2. The maximum Gasteiger partial charge on any atom is 0.270 e. The van der Waals surface area contributed by atoms with Crippen LogP contribution in [0.25, 0.3) is 0 Å². The highest BCUT2D eigenvalue weighted by Gasteiger charge is 2.11. The molecule has 1 amide bonds. The Hall–Kier alpha value is -3.35. The van der Waals surface area contributed by atoms with Gasteiger partial charge in [-0.15, -0.1) is 0 Å². The van der Waals surface area contributed by atoms with Crippen LogP contribution in [-0.4, -0.2) is 15.9 Å². The van der Waals surface area contributed by atoms with E-state index in [1.165, 1.54) is 12.1 Å². The van der Waals surface area contributed by atoms with E-state index in [0.717, 1.165) is 23.3 Å². The van der Waals surface area contributed by atoms with Crippen molar-refractivity contribution in [3.63, 3.8) is 0 Å². The monoisotopic (exact) mass is 368 g/mol. The van der Waals surface area contributed by atoms with Gasteiger partial charge in [-0.1, -0.05) is 29.8 Å². The highest BCUT2D eigenvalue weighted by atomic mass is 19.2. The summed E-state index contributed by atoms with van der Waals surface area (Å²) in [6.07, 6.45) is 0. The zero-order valence-corrected chi connectivity index (χ0v) is 14.9. The predicted octanol–water partition coefficient (Wildman–Crippen LogP) is 4.05. The minimum atomic E-state index is -0.970. The van der Waals surface area contributed by atoms with Crippen molar-refractivity contribution in [2.45, 2.75) is 20.4 Å². The molecule has 1 aromatic heterocycles. The van der Waals surface area contributed by atoms with Crippen LogP contribution in [0.2, 0.25) is 0 Å². The van der Waals surface area contributed by atoms with Gasteiger partial charge in [0.25, 0.3) is 5.91 Å². The van der Waals surface area contributed by atoms with Gasteiger partial charge in [-0.05, 0) is 31.5 Å². The molecular weight excluding hydrogens is 350 g/mol. The van der Waals surface area contributed by atoms with Gasteiger partial charge in [0, 0.05) is 24.4 Å². The molecule has 0 aliphatic heterocycles. The third-order valence-electron chi connectivity index (χ3n) is 3.80. The smallest absolute Gasteiger partial charge is 0.270 e. The van der Waals surface area contributed by atoms with Crippen LogP contribution in [0.1, 0.15) is 27.4 Å². The lowest BCUT2D eigenvalue weighted by Gasteiger charge is -2.10. The molecule has 2 aromatic carbocycles. The van der Waals surface area contributed by atoms with E-state index >= 15 is 0 Å². The Morgan fingerprint density at radius 3 is 2.56 bits per heavy atom. The van der Waals surface area contributed by atoms with Crippen LogP contribution in [0.4, 0.5) is 20.3 Å². The number of hydrogen-bond acceptors (Lipinski definition) is 4. The maximum atomic E-state index is 13.3. The van der Waals surface area contributed by atoms with Crippen LogP contribution < -0.4 is 10.6 Å². The van der Waals surface area contributed by atoms with Gasteiger partial charge in [-0.3, -0.25) is 4.79 Å². The summed E-state index contributed by atoms with van der Waals surface area (Å²) in [6, 6.07) is 12.7. The Kier molecular flexibility index (Phi) is 5.40. The largest absolute Gasteiger partial charge is 0.347 e. The van der Waals surface area contributed by atoms with Crippen LogP contribution in [0.5, 0.6) is 0 Å². The minimum Gasteiger partial charge on any atom is -0.347 e. The summed E-state index contributed by atoms with van der Waals surface area (Å²) in [5, 5.41) is 5.66. The molecule has 3 rings (SSSR count). The van der Waals surface area contributed by atoms with E-state index in [1.54, 1.807) is 6.92 Å². The Labute approximate surface area is 155 Å². The average Bonchev–Trinajstić information content (AvgIpc) is 2.62. The predicted molar refractivity (Wildman–Crippen MR) is 98.8 cm³/mol. The molecular formula is C20H18F2N4O. The highest BCUT2D eigenvalue weighted by Crippen LogP contribution is 2.18. The Morgan fingerprint density at radius 1 is 1.00 bits per heavy atom. The van der Waals surface area contributed by atoms with Gasteiger partial charge in [0.05, 0.1) is 0 Å². The molecule has 0 unspecified atom stereocenters. The molecule has 1 heterocycles. The third kappa shape index (κ3) is 4.84. The molecule has 5 nitrogen and oxygen atoms in total. The van der Waals surface area contributed by atoms with Gasteiger partial charge in [-0.2, -0.15) is 0 Å². The molecule has 3 aromatic rings.